The number of nitrogen functional groups attached to an aromatic ring is 1. The third kappa shape index (κ3) is 3.02. The number of aliphatic hydroxyl groups is 2. The van der Waals surface area contributed by atoms with Gasteiger partial charge in [0.1, 0.15) is 36.6 Å². The van der Waals surface area contributed by atoms with Crippen molar-refractivity contribution in [3.63, 3.8) is 0 Å². The second kappa shape index (κ2) is 7.40. The Morgan fingerprint density at radius 3 is 2.72 bits per heavy atom. The van der Waals surface area contributed by atoms with Crippen LogP contribution in [0.25, 0.3) is 0 Å². The summed E-state index contributed by atoms with van der Waals surface area (Å²) in [6, 6.07) is 6.14. The lowest BCUT2D eigenvalue weighted by molar-refractivity contribution is 0.0149. The fourth-order valence-electron chi connectivity index (χ4n) is 3.86. The van der Waals surface area contributed by atoms with Crippen LogP contribution in [-0.2, 0) is 4.74 Å². The van der Waals surface area contributed by atoms with Crippen LogP contribution in [0.2, 0.25) is 0 Å². The van der Waals surface area contributed by atoms with Crippen molar-refractivity contribution in [2.75, 3.05) is 22.3 Å². The molecule has 1 saturated heterocycles. The summed E-state index contributed by atoms with van der Waals surface area (Å²) >= 11 is 0. The third-order valence-corrected chi connectivity index (χ3v) is 5.54. The summed E-state index contributed by atoms with van der Waals surface area (Å²) in [5, 5.41) is 40.1. The Morgan fingerprint density at radius 2 is 2.00 bits per heavy atom. The zero-order valence-corrected chi connectivity index (χ0v) is 16.8. The van der Waals surface area contributed by atoms with Crippen LogP contribution in [0.1, 0.15) is 23.0 Å². The van der Waals surface area contributed by atoms with Crippen LogP contribution in [0.5, 0.6) is 5.75 Å². The number of aliphatic hydroxyl groups excluding tert-OH is 2. The zero-order chi connectivity index (χ0) is 22.6. The number of phenolic OH excluding ortho intramolecular Hbond substituents is 1. The molecule has 2 aliphatic rings. The standard InChI is InChI=1S/C19H20N8O5/c1-9-14(29)16(31)19(32-9)25-8-26(13-17(20)21-7-22-18(13)25)27-6-11(23-24-27)15(30)10-4-2-3-5-12(10)28/h2-7,9,14,16,19,28-29,31H,8H2,1H3,(H2,20,21,22)/t9-,14?,16?,19-/m1/s1. The average molecular weight is 440 g/mol. The Labute approximate surface area is 181 Å². The minimum absolute atomic E-state index is 0.00289. The number of benzene rings is 1. The highest BCUT2D eigenvalue weighted by atomic mass is 16.6. The van der Waals surface area contributed by atoms with Gasteiger partial charge in [-0.2, -0.15) is 4.79 Å². The summed E-state index contributed by atoms with van der Waals surface area (Å²) < 4.78 is 5.74. The highest BCUT2D eigenvalue weighted by Crippen LogP contribution is 2.41. The van der Waals surface area contributed by atoms with Gasteiger partial charge in [0.15, 0.2) is 23.6 Å². The quantitative estimate of drug-likeness (QED) is 0.368. The van der Waals surface area contributed by atoms with Crippen LogP contribution in [-0.4, -0.2) is 77.4 Å². The third-order valence-electron chi connectivity index (χ3n) is 5.54. The number of ether oxygens (including phenoxy) is 1. The summed E-state index contributed by atoms with van der Waals surface area (Å²) in [4.78, 5) is 24.0. The number of aromatic hydroxyl groups is 1. The number of para-hydroxylation sites is 1. The fourth-order valence-corrected chi connectivity index (χ4v) is 3.86. The van der Waals surface area contributed by atoms with E-state index in [2.05, 4.69) is 20.3 Å². The van der Waals surface area contributed by atoms with Crippen molar-refractivity contribution in [2.24, 2.45) is 0 Å². The molecule has 166 valence electrons. The van der Waals surface area contributed by atoms with Gasteiger partial charge in [-0.3, -0.25) is 4.79 Å². The van der Waals surface area contributed by atoms with Gasteiger partial charge < -0.3 is 30.7 Å². The number of aromatic nitrogens is 5. The van der Waals surface area contributed by atoms with Crippen LogP contribution in [0.4, 0.5) is 17.3 Å². The van der Waals surface area contributed by atoms with Gasteiger partial charge in [0, 0.05) is 0 Å². The number of fused-ring (bicyclic) bond motifs is 1. The number of carbonyl (C=O) groups excluding carboxylic acids is 1. The molecule has 1 aromatic carbocycles. The molecule has 0 aliphatic carbocycles. The number of hydrogen-bond donors (Lipinski definition) is 4. The SMILES string of the molecule is C[C@H]1O[C@@H](N2CN(n3cc(C(=O)c4ccccc4O)nn3)c3c(N)ncnc32)C(O)C1O. The van der Waals surface area contributed by atoms with Crippen molar-refractivity contribution in [1.82, 2.24) is 25.1 Å². The number of nitrogens with two attached hydrogens (primary N) is 1. The largest absolute Gasteiger partial charge is 0.507 e. The molecule has 1 fully saturated rings. The highest BCUT2D eigenvalue weighted by molar-refractivity contribution is 6.09. The second-order valence-electron chi connectivity index (χ2n) is 7.53. The van der Waals surface area contributed by atoms with Crippen molar-refractivity contribution >= 4 is 23.1 Å². The summed E-state index contributed by atoms with van der Waals surface area (Å²) in [7, 11) is 0. The molecule has 0 amide bonds. The number of hydrogen-bond acceptors (Lipinski definition) is 12. The molecule has 0 bridgehead atoms. The van der Waals surface area contributed by atoms with Crippen LogP contribution in [0.15, 0.2) is 36.8 Å². The Hall–Kier alpha value is -3.81. The molecular weight excluding hydrogens is 420 g/mol. The van der Waals surface area contributed by atoms with Crippen LogP contribution in [0.3, 0.4) is 0 Å². The monoisotopic (exact) mass is 440 g/mol. The molecule has 2 unspecified atom stereocenters. The molecule has 2 aromatic heterocycles. The van der Waals surface area contributed by atoms with E-state index < -0.39 is 30.3 Å². The minimum atomic E-state index is -1.18. The maximum absolute atomic E-state index is 12.8. The molecule has 32 heavy (non-hydrogen) atoms. The number of nitrogens with zero attached hydrogens (tertiary/aromatic N) is 7. The van der Waals surface area contributed by atoms with E-state index in [1.807, 2.05) is 0 Å². The van der Waals surface area contributed by atoms with E-state index in [1.54, 1.807) is 29.0 Å². The Bertz CT molecular complexity index is 1190. The van der Waals surface area contributed by atoms with Crippen LogP contribution < -0.4 is 15.6 Å². The van der Waals surface area contributed by atoms with E-state index >= 15 is 0 Å². The first-order valence-electron chi connectivity index (χ1n) is 9.78. The van der Waals surface area contributed by atoms with Gasteiger partial charge >= 0.3 is 0 Å². The molecule has 5 N–H and O–H groups in total. The summed E-state index contributed by atoms with van der Waals surface area (Å²) in [6.07, 6.45) is -1.04. The molecule has 0 spiro atoms. The summed E-state index contributed by atoms with van der Waals surface area (Å²) in [5.74, 6) is -0.161. The lowest BCUT2D eigenvalue weighted by Crippen LogP contribution is -2.47. The van der Waals surface area contributed by atoms with E-state index in [-0.39, 0.29) is 29.5 Å². The summed E-state index contributed by atoms with van der Waals surface area (Å²) in [5.41, 5.74) is 6.57. The fraction of sp³-hybridized carbons (Fsp3) is 0.316. The molecular formula is C19H20N8O5. The van der Waals surface area contributed by atoms with E-state index in [9.17, 15) is 20.1 Å². The number of carbonyl (C=O) groups is 1. The maximum Gasteiger partial charge on any atom is 0.218 e. The van der Waals surface area contributed by atoms with Gasteiger partial charge in [0.05, 0.1) is 17.9 Å². The zero-order valence-electron chi connectivity index (χ0n) is 16.8. The van der Waals surface area contributed by atoms with Crippen molar-refractivity contribution in [3.05, 3.63) is 48.0 Å². The molecule has 13 heteroatoms. The van der Waals surface area contributed by atoms with Crippen molar-refractivity contribution in [1.29, 1.82) is 0 Å². The number of ketones is 1. The molecule has 3 aromatic rings. The van der Waals surface area contributed by atoms with E-state index in [1.165, 1.54) is 29.4 Å². The lowest BCUT2D eigenvalue weighted by atomic mass is 10.1. The molecule has 0 radical (unpaired) electrons. The number of phenols is 1. The highest BCUT2D eigenvalue weighted by Gasteiger charge is 2.47. The van der Waals surface area contributed by atoms with Crippen LogP contribution >= 0.6 is 0 Å². The van der Waals surface area contributed by atoms with Gasteiger partial charge in [0.25, 0.3) is 0 Å². The smallest absolute Gasteiger partial charge is 0.218 e. The molecule has 5 rings (SSSR count). The molecule has 13 nitrogen and oxygen atoms in total. The maximum atomic E-state index is 12.8. The second-order valence-corrected chi connectivity index (χ2v) is 7.53. The number of rotatable bonds is 4. The van der Waals surface area contributed by atoms with E-state index in [0.29, 0.717) is 11.5 Å². The first-order chi connectivity index (χ1) is 15.4. The lowest BCUT2D eigenvalue weighted by Gasteiger charge is -2.27. The Balaban J connectivity index is 1.49. The van der Waals surface area contributed by atoms with Crippen molar-refractivity contribution < 1.29 is 24.9 Å². The van der Waals surface area contributed by atoms with E-state index in [0.717, 1.165) is 0 Å². The normalized spacial score (nSPS) is 24.7. The van der Waals surface area contributed by atoms with Crippen LogP contribution in [0, 0.1) is 0 Å². The Kier molecular flexibility index (Phi) is 4.65. The first kappa shape index (κ1) is 20.1. The van der Waals surface area contributed by atoms with E-state index in [4.69, 9.17) is 10.5 Å². The predicted octanol–water partition coefficient (Wildman–Crippen LogP) is -0.899. The minimum Gasteiger partial charge on any atom is -0.507 e. The molecule has 0 saturated carbocycles. The molecule has 4 atom stereocenters. The Morgan fingerprint density at radius 1 is 1.22 bits per heavy atom. The van der Waals surface area contributed by atoms with Crippen molar-refractivity contribution in [2.45, 2.75) is 31.5 Å². The first-order valence-corrected chi connectivity index (χ1v) is 9.78. The summed E-state index contributed by atoms with van der Waals surface area (Å²) in [6.45, 7) is 1.73. The van der Waals surface area contributed by atoms with Gasteiger partial charge in [-0.1, -0.05) is 12.1 Å². The predicted molar refractivity (Wildman–Crippen MR) is 110 cm³/mol. The number of anilines is 3. The van der Waals surface area contributed by atoms with Gasteiger partial charge in [-0.05, 0) is 24.3 Å². The average Bonchev–Trinajstić information content (AvgIpc) is 3.47. The van der Waals surface area contributed by atoms with Gasteiger partial charge in [-0.15, -0.1) is 5.10 Å². The van der Waals surface area contributed by atoms with Gasteiger partial charge in [0.2, 0.25) is 5.78 Å². The topological polar surface area (TPSA) is 176 Å². The van der Waals surface area contributed by atoms with Crippen molar-refractivity contribution in [3.8, 4) is 5.75 Å². The van der Waals surface area contributed by atoms with Gasteiger partial charge in [-0.25, -0.2) is 15.0 Å². The molecule has 2 aliphatic heterocycles. The molecule has 4 heterocycles.